The minimum Gasteiger partial charge on any atom is -0.481 e. The number of epoxide rings is 3. The Hall–Kier alpha value is -6.51. The zero-order valence-corrected chi connectivity index (χ0v) is 67.4. The third-order valence-corrected chi connectivity index (χ3v) is 19.7. The second-order valence-electron chi connectivity index (χ2n) is 29.0. The molecule has 1 unspecified atom stereocenters. The van der Waals surface area contributed by atoms with Crippen LogP contribution in [0.5, 0.6) is 0 Å². The number of imide groups is 2. The van der Waals surface area contributed by atoms with Crippen LogP contribution in [0.2, 0.25) is 0 Å². The van der Waals surface area contributed by atoms with Crippen LogP contribution in [0.25, 0.3) is 0 Å². The molecule has 0 aliphatic carbocycles. The molecule has 0 aromatic heterocycles. The number of Topliss-reactive ketones (excluding diaryl/α,β-unsaturated/α-hetero) is 3. The number of hydrogen-bond donors (Lipinski definition) is 8. The maximum Gasteiger partial charge on any atom is 0.333 e. The van der Waals surface area contributed by atoms with E-state index in [0.717, 1.165) is 116 Å². The number of nitrogens with two attached hydrogens (primary N) is 3. The molecule has 0 aromatic rings. The van der Waals surface area contributed by atoms with Crippen molar-refractivity contribution in [1.29, 1.82) is 4.78 Å². The Morgan fingerprint density at radius 2 is 1.02 bits per heavy atom. The first kappa shape index (κ1) is 101. The van der Waals surface area contributed by atoms with Gasteiger partial charge in [0.1, 0.15) is 7.15 Å². The van der Waals surface area contributed by atoms with E-state index in [4.69, 9.17) is 52.8 Å². The lowest BCUT2D eigenvalue weighted by atomic mass is 9.96. The Kier molecular flexibility index (Phi) is 61.9. The third kappa shape index (κ3) is 51.9. The standard InChI is InChI=1S/C36H65N7O5.C22H35NO5.C18H32O3.C4H5NO3.C2H2.CH4.HNS/c1-3-4-11-21-31-32(48-31)22-12-9-7-5-6-8-10-13-23-33(45)40-24-15-14-18-28(27(2)44)42-29(19-16-25-41-36(37)38)34(46)35(47)30-20-17-26-43(30)39;1-2-3-10-13-18-19(27-18)14-11-8-6-4-5-7-9-12-15-22(26)28-23-20(24)16-17-21(23)25;1-2-3-10-13-16-17(21-16)14-11-8-6-4-5-7-9-12-15-18(19)20;6-3-1-2-4(7)5(3)8;1-2;;1-2/h9,12,28-32,42H,3-8,10-11,13-26,39H2,1-2H3,(H,40,45)(H4,37,38,41);8,11,18-19H,2-7,9-10,12-17H2,1H3;8,11,16-17H,2-7,9-10,12-15H2,1H3,(H,19,20);8H,1-2H2;1-2H;1H4;1H/b12-9-;2*11-8-;;;;/t28?,29-,30-,31+,32-;18-,19+;16-,17+;;;;/m011..../s1/i;;;;1D;;. The van der Waals surface area contributed by atoms with Gasteiger partial charge in [0, 0.05) is 77.0 Å². The van der Waals surface area contributed by atoms with Crippen molar-refractivity contribution in [1.82, 2.24) is 25.8 Å². The number of nitrogens with one attached hydrogen (secondary N) is 3. The fourth-order valence-corrected chi connectivity index (χ4v) is 13.0. The molecule has 0 radical (unpaired) electrons. The van der Waals surface area contributed by atoms with Crippen molar-refractivity contribution in [2.24, 2.45) is 22.3 Å². The third-order valence-electron chi connectivity index (χ3n) is 19.7. The van der Waals surface area contributed by atoms with Crippen LogP contribution in [0.3, 0.4) is 0 Å². The molecule has 6 aliphatic rings. The number of aliphatic carboxylic acids is 1. The van der Waals surface area contributed by atoms with Crippen LogP contribution in [0.1, 0.15) is 338 Å². The van der Waals surface area contributed by atoms with Crippen molar-refractivity contribution in [2.75, 3.05) is 19.6 Å². The molecule has 5 amide bonds. The molecular formula is C83H144N10O16S. The quantitative estimate of drug-likeness (QED) is 0.00268. The van der Waals surface area contributed by atoms with Gasteiger partial charge in [-0.25, -0.2) is 14.6 Å². The van der Waals surface area contributed by atoms with E-state index in [9.17, 15) is 47.9 Å². The van der Waals surface area contributed by atoms with Gasteiger partial charge in [-0.05, 0) is 148 Å². The number of carboxylic acid groups (broad SMARTS) is 1. The molecule has 26 nitrogen and oxygen atoms in total. The fourth-order valence-electron chi connectivity index (χ4n) is 13.0. The van der Waals surface area contributed by atoms with E-state index in [2.05, 4.69) is 91.7 Å². The van der Waals surface area contributed by atoms with Crippen LogP contribution in [-0.4, -0.2) is 165 Å². The van der Waals surface area contributed by atoms with Gasteiger partial charge < -0.3 is 40.9 Å². The van der Waals surface area contributed by atoms with Gasteiger partial charge in [0.15, 0.2) is 5.96 Å². The van der Waals surface area contributed by atoms with Crippen LogP contribution in [0, 0.1) is 17.6 Å². The molecule has 6 rings (SSSR count). The molecular weight excluding hydrogens is 1430 g/mol. The van der Waals surface area contributed by atoms with Gasteiger partial charge in [-0.2, -0.15) is 5.06 Å². The lowest BCUT2D eigenvalue weighted by Gasteiger charge is -2.25. The Bertz CT molecular complexity index is 2760. The average Bonchev–Trinajstić information content (AvgIpc) is 1.78. The highest BCUT2D eigenvalue weighted by molar-refractivity contribution is 7.45. The van der Waals surface area contributed by atoms with Crippen LogP contribution in [-0.2, 0) is 79.4 Å². The van der Waals surface area contributed by atoms with Crippen molar-refractivity contribution in [3.05, 3.63) is 36.5 Å². The second kappa shape index (κ2) is 67.0. The van der Waals surface area contributed by atoms with Crippen LogP contribution >= 0.6 is 0 Å². The second-order valence-corrected chi connectivity index (χ2v) is 29.0. The largest absolute Gasteiger partial charge is 0.481 e. The number of rotatable bonds is 58. The van der Waals surface area contributed by atoms with Crippen molar-refractivity contribution < 1.29 is 78.7 Å². The molecule has 0 saturated carbocycles. The van der Waals surface area contributed by atoms with E-state index in [1.54, 1.807) is 0 Å². The molecule has 0 aromatic carbocycles. The number of hydrazine groups is 1. The van der Waals surface area contributed by atoms with Gasteiger partial charge in [0.2, 0.25) is 17.5 Å². The molecule has 0 bridgehead atoms. The number of amides is 5. The molecule has 9 atom stereocenters. The summed E-state index contributed by atoms with van der Waals surface area (Å²) in [4.78, 5) is 125. The lowest BCUT2D eigenvalue weighted by Crippen LogP contribution is -2.53. The summed E-state index contributed by atoms with van der Waals surface area (Å²) in [7, 11) is 0. The fraction of sp³-hybridized carbons (Fsp3) is 0.771. The minimum atomic E-state index is -0.832. The number of ether oxygens (including phenoxy) is 3. The summed E-state index contributed by atoms with van der Waals surface area (Å²) in [6.45, 7) is 9.58. The Morgan fingerprint density at radius 3 is 1.42 bits per heavy atom. The highest BCUT2D eigenvalue weighted by atomic mass is 32.1. The van der Waals surface area contributed by atoms with E-state index in [1.807, 2.05) is 0 Å². The summed E-state index contributed by atoms with van der Waals surface area (Å²) in [6, 6.07) is -2.05. The van der Waals surface area contributed by atoms with Crippen molar-refractivity contribution in [3.63, 3.8) is 0 Å². The number of carbonyl (C=O) groups excluding carboxylic acids is 9. The van der Waals surface area contributed by atoms with Gasteiger partial charge in [-0.3, -0.25) is 64.5 Å². The zero-order valence-electron chi connectivity index (χ0n) is 67.6. The van der Waals surface area contributed by atoms with Gasteiger partial charge >= 0.3 is 11.9 Å². The summed E-state index contributed by atoms with van der Waals surface area (Å²) in [5.41, 5.74) is 10.8. The van der Waals surface area contributed by atoms with Crippen molar-refractivity contribution in [2.45, 2.75) is 392 Å². The van der Waals surface area contributed by atoms with Gasteiger partial charge in [0.25, 0.3) is 23.6 Å². The first-order valence-electron chi connectivity index (χ1n) is 41.6. The maximum atomic E-state index is 13.2. The van der Waals surface area contributed by atoms with E-state index in [0.29, 0.717) is 113 Å². The van der Waals surface area contributed by atoms with Gasteiger partial charge in [0.05, 0.1) is 54.7 Å². The molecule has 6 aliphatic heterocycles. The molecule has 6 saturated heterocycles. The summed E-state index contributed by atoms with van der Waals surface area (Å²) in [6.07, 6.45) is 65.7. The molecule has 11 N–H and O–H groups in total. The maximum absolute atomic E-state index is 13.2. The smallest absolute Gasteiger partial charge is 0.333 e. The number of hydrogen-bond acceptors (Lipinski definition) is 21. The van der Waals surface area contributed by atoms with Crippen LogP contribution in [0.15, 0.2) is 41.4 Å². The number of carbonyl (C=O) groups is 10. The summed E-state index contributed by atoms with van der Waals surface area (Å²) >= 11 is 3.33. The number of carboxylic acids is 1. The molecule has 110 heavy (non-hydrogen) atoms. The molecule has 6 fully saturated rings. The van der Waals surface area contributed by atoms with Gasteiger partial charge in [-0.1, -0.05) is 180 Å². The summed E-state index contributed by atoms with van der Waals surface area (Å²) in [5, 5.41) is 25.3. The van der Waals surface area contributed by atoms with Crippen molar-refractivity contribution >= 4 is 77.2 Å². The number of unbranched alkanes of at least 4 members (excludes halogenated alkanes) is 22. The molecule has 6 heterocycles. The highest BCUT2D eigenvalue weighted by Gasteiger charge is 2.40. The first-order valence-corrected chi connectivity index (χ1v) is 41.5. The molecule has 0 spiro atoms. The van der Waals surface area contributed by atoms with Crippen LogP contribution < -0.4 is 27.9 Å². The monoisotopic (exact) mass is 1570 g/mol. The Morgan fingerprint density at radius 1 is 0.600 bits per heavy atom. The van der Waals surface area contributed by atoms with E-state index < -0.39 is 65.3 Å². The number of guanidine groups is 1. The Balaban J connectivity index is 0.00000161. The predicted molar refractivity (Wildman–Crippen MR) is 433 cm³/mol. The van der Waals surface area contributed by atoms with Crippen LogP contribution in [0.4, 0.5) is 0 Å². The number of ketones is 3. The van der Waals surface area contributed by atoms with E-state index >= 15 is 0 Å². The predicted octanol–water partition coefficient (Wildman–Crippen LogP) is 14.2. The average molecular weight is 1570 g/mol. The molecule has 628 valence electrons. The molecule has 27 heteroatoms. The zero-order chi connectivity index (χ0) is 81.5. The number of nitrogens with zero attached hydrogens (tertiary/aromatic N) is 4. The lowest BCUT2D eigenvalue weighted by molar-refractivity contribution is -0.197. The van der Waals surface area contributed by atoms with E-state index in [1.165, 1.54) is 121 Å². The van der Waals surface area contributed by atoms with Crippen molar-refractivity contribution in [3.8, 4) is 12.8 Å². The summed E-state index contributed by atoms with van der Waals surface area (Å²) in [5.74, 6) is 1.71. The highest BCUT2D eigenvalue weighted by Crippen LogP contribution is 2.33. The van der Waals surface area contributed by atoms with E-state index in [-0.39, 0.29) is 62.2 Å². The number of terminal acetylenes is 1. The summed E-state index contributed by atoms with van der Waals surface area (Å²) < 4.78 is 28.1. The number of aliphatic imine (C=N–C) groups is 1. The SMILES string of the molecule is C.CCCCC[C@H]1O[C@H]1C/C=C\CCCCCCCC(=O)NCCCCC(N[C@@H](CCCN=C(N)N)C(=O)C(=O)[C@@H]1CCCN1N)C(C)=O.CCCCC[C@H]1O[C@H]1C/C=C\CCCCCCCC(=O)O.CCCCC[C@H]1O[C@H]1C/C=C\CCCCCCCC(=O)ON1C(=O)CCC1=O.N=S.O=C1CCC(=O)N1O.[2H]C#C. The Labute approximate surface area is 666 Å². The first-order chi connectivity index (χ1) is 53.1. The topological polar surface area (TPSA) is 406 Å². The number of hydroxylamine groups is 4. The number of allylic oxidation sites excluding steroid dienone is 3. The minimum absolute atomic E-state index is 0. The normalized spacial score (nSPS) is 20.0. The van der Waals surface area contributed by atoms with Gasteiger partial charge in [-0.15, -0.1) is 17.9 Å².